The molecule has 5 rings (SSSR count). The van der Waals surface area contributed by atoms with Crippen LogP contribution in [0, 0.1) is 63.6 Å². The molecule has 6 heteroatoms. The fraction of sp³-hybridized carbons (Fsp3) is 0.881. The lowest BCUT2D eigenvalue weighted by Gasteiger charge is -2.61. The molecule has 11 atom stereocenters. The van der Waals surface area contributed by atoms with Gasteiger partial charge in [0.15, 0.2) is 5.41 Å². The zero-order valence-corrected chi connectivity index (χ0v) is 31.4. The number of allylic oxidation sites excluding steroid dienone is 1. The first kappa shape index (κ1) is 37.4. The fourth-order valence-corrected chi connectivity index (χ4v) is 11.8. The highest BCUT2D eigenvalue weighted by atomic mass is 16.6. The van der Waals surface area contributed by atoms with Crippen LogP contribution in [0.3, 0.4) is 0 Å². The summed E-state index contributed by atoms with van der Waals surface area (Å²) < 4.78 is 16.7. The van der Waals surface area contributed by atoms with E-state index in [1.54, 1.807) is 13.0 Å². The molecule has 0 aromatic rings. The lowest BCUT2D eigenvalue weighted by atomic mass is 9.44. The number of carbonyl (C=O) groups excluding carboxylic acids is 3. The van der Waals surface area contributed by atoms with Crippen LogP contribution < -0.4 is 0 Å². The average molecular weight is 669 g/mol. The highest BCUT2D eigenvalue weighted by Crippen LogP contribution is 2.68. The molecular weight excluding hydrogens is 600 g/mol. The maximum absolute atomic E-state index is 12.8. The van der Waals surface area contributed by atoms with E-state index in [9.17, 15) is 14.4 Å². The van der Waals surface area contributed by atoms with Gasteiger partial charge >= 0.3 is 17.9 Å². The number of rotatable bonds is 16. The summed E-state index contributed by atoms with van der Waals surface area (Å²) in [7, 11) is 0. The standard InChI is InChI=1S/C42H68O6/c1-8-30-27-42(30,38(44)46-9-2)39(45)47-25-12-10-11-16-37(43)48-32-21-23-40(6)31(26-32)17-18-33-35-20-19-34(29(5)15-13-14-28(3)4)41(35,7)24-22-36(33)40/h8,28-36H,1,9-27H2,2-7H3/t29-,30?,31?,32?,33+,34-,35+,36+,40+,41-,42?/m1/s1. The van der Waals surface area contributed by atoms with Crippen molar-refractivity contribution in [2.75, 3.05) is 13.2 Å². The van der Waals surface area contributed by atoms with Crippen LogP contribution in [0.25, 0.3) is 0 Å². The monoisotopic (exact) mass is 669 g/mol. The third-order valence-electron chi connectivity index (χ3n) is 14.7. The average Bonchev–Trinajstić information content (AvgIpc) is 3.70. The molecule has 0 bridgehead atoms. The quantitative estimate of drug-likeness (QED) is 0.0536. The van der Waals surface area contributed by atoms with Crippen LogP contribution in [-0.2, 0) is 28.6 Å². The van der Waals surface area contributed by atoms with Gasteiger partial charge in [0.2, 0.25) is 0 Å². The van der Waals surface area contributed by atoms with Crippen molar-refractivity contribution in [2.45, 2.75) is 157 Å². The minimum Gasteiger partial charge on any atom is -0.465 e. The Bertz CT molecular complexity index is 1150. The van der Waals surface area contributed by atoms with Crippen molar-refractivity contribution < 1.29 is 28.6 Å². The smallest absolute Gasteiger partial charge is 0.324 e. The first-order chi connectivity index (χ1) is 22.9. The maximum atomic E-state index is 12.8. The molecule has 0 heterocycles. The number of ether oxygens (including phenoxy) is 3. The van der Waals surface area contributed by atoms with E-state index in [1.165, 1.54) is 64.2 Å². The van der Waals surface area contributed by atoms with Gasteiger partial charge in [-0.15, -0.1) is 6.58 Å². The summed E-state index contributed by atoms with van der Waals surface area (Å²) in [6.45, 7) is 18.5. The van der Waals surface area contributed by atoms with Crippen molar-refractivity contribution in [3.05, 3.63) is 12.7 Å². The van der Waals surface area contributed by atoms with Crippen LogP contribution in [0.5, 0.6) is 0 Å². The summed E-state index contributed by atoms with van der Waals surface area (Å²) in [5.41, 5.74) is -0.282. The number of carbonyl (C=O) groups is 3. The van der Waals surface area contributed by atoms with E-state index < -0.39 is 17.4 Å². The van der Waals surface area contributed by atoms with Crippen molar-refractivity contribution in [3.63, 3.8) is 0 Å². The second kappa shape index (κ2) is 15.6. The van der Waals surface area contributed by atoms with E-state index in [0.717, 1.165) is 54.8 Å². The molecule has 0 aliphatic heterocycles. The predicted octanol–water partition coefficient (Wildman–Crippen LogP) is 9.88. The molecular formula is C42H68O6. The predicted molar refractivity (Wildman–Crippen MR) is 190 cm³/mol. The topological polar surface area (TPSA) is 78.9 Å². The van der Waals surface area contributed by atoms with E-state index in [2.05, 4.69) is 41.2 Å². The molecule has 0 aromatic heterocycles. The summed E-state index contributed by atoms with van der Waals surface area (Å²) in [5, 5.41) is 0. The van der Waals surface area contributed by atoms with Crippen LogP contribution in [-0.4, -0.2) is 37.2 Å². The maximum Gasteiger partial charge on any atom is 0.324 e. The molecule has 0 saturated heterocycles. The molecule has 0 amide bonds. The lowest BCUT2D eigenvalue weighted by molar-refractivity contribution is -0.165. The number of hydrogen-bond acceptors (Lipinski definition) is 6. The van der Waals surface area contributed by atoms with Gasteiger partial charge in [0.1, 0.15) is 6.10 Å². The summed E-state index contributed by atoms with van der Waals surface area (Å²) in [6.07, 6.45) is 20.4. The minimum absolute atomic E-state index is 0.0555. The Kier molecular flexibility index (Phi) is 12.1. The van der Waals surface area contributed by atoms with Crippen LogP contribution >= 0.6 is 0 Å². The van der Waals surface area contributed by atoms with Gasteiger partial charge in [-0.05, 0) is 143 Å². The van der Waals surface area contributed by atoms with Gasteiger partial charge in [0.25, 0.3) is 0 Å². The van der Waals surface area contributed by atoms with Crippen molar-refractivity contribution in [3.8, 4) is 0 Å². The fourth-order valence-electron chi connectivity index (χ4n) is 11.8. The van der Waals surface area contributed by atoms with Crippen molar-refractivity contribution in [1.82, 2.24) is 0 Å². The molecule has 5 fully saturated rings. The van der Waals surface area contributed by atoms with Gasteiger partial charge in [-0.2, -0.15) is 0 Å². The molecule has 0 N–H and O–H groups in total. The van der Waals surface area contributed by atoms with Gasteiger partial charge in [0.05, 0.1) is 13.2 Å². The molecule has 272 valence electrons. The highest BCUT2D eigenvalue weighted by molar-refractivity contribution is 6.04. The number of fused-ring (bicyclic) bond motifs is 5. The van der Waals surface area contributed by atoms with E-state index in [4.69, 9.17) is 14.2 Å². The van der Waals surface area contributed by atoms with Gasteiger partial charge < -0.3 is 14.2 Å². The molecule has 5 aliphatic carbocycles. The third kappa shape index (κ3) is 7.43. The number of unbranched alkanes of at least 4 members (excludes halogenated alkanes) is 2. The Morgan fingerprint density at radius 2 is 1.56 bits per heavy atom. The van der Waals surface area contributed by atoms with Crippen LogP contribution in [0.4, 0.5) is 0 Å². The summed E-state index contributed by atoms with van der Waals surface area (Å²) in [5.74, 6) is 4.54. The molecule has 0 spiro atoms. The summed E-state index contributed by atoms with van der Waals surface area (Å²) in [6, 6.07) is 0. The third-order valence-corrected chi connectivity index (χ3v) is 14.7. The van der Waals surface area contributed by atoms with Crippen LogP contribution in [0.2, 0.25) is 0 Å². The van der Waals surface area contributed by atoms with Gasteiger partial charge in [-0.1, -0.05) is 60.0 Å². The Labute approximate surface area is 292 Å². The molecule has 5 aliphatic rings. The molecule has 0 radical (unpaired) electrons. The van der Waals surface area contributed by atoms with Crippen LogP contribution in [0.1, 0.15) is 151 Å². The van der Waals surface area contributed by atoms with Gasteiger partial charge in [-0.3, -0.25) is 14.4 Å². The Morgan fingerprint density at radius 1 is 0.833 bits per heavy atom. The van der Waals surface area contributed by atoms with Gasteiger partial charge in [0, 0.05) is 12.3 Å². The first-order valence-corrected chi connectivity index (χ1v) is 20.1. The number of hydrogen-bond donors (Lipinski definition) is 0. The minimum atomic E-state index is -1.21. The van der Waals surface area contributed by atoms with Gasteiger partial charge in [-0.25, -0.2) is 0 Å². The zero-order valence-electron chi connectivity index (χ0n) is 31.4. The van der Waals surface area contributed by atoms with Crippen molar-refractivity contribution in [2.24, 2.45) is 63.6 Å². The SMILES string of the molecule is C=CC1CC1(C(=O)OCC)C(=O)OCCCCCC(=O)OC1CC[C@@]2(C)C(CC[C@H]3[C@@H]4CC[C@H]([C@H](C)CCCC(C)C)[C@@]4(C)CC[C@@H]32)C1. The highest BCUT2D eigenvalue weighted by Gasteiger charge is 2.67. The van der Waals surface area contributed by atoms with E-state index >= 15 is 0 Å². The second-order valence-corrected chi connectivity index (χ2v) is 17.8. The molecule has 48 heavy (non-hydrogen) atoms. The summed E-state index contributed by atoms with van der Waals surface area (Å²) >= 11 is 0. The molecule has 5 saturated carbocycles. The zero-order chi connectivity index (χ0) is 34.7. The van der Waals surface area contributed by atoms with Crippen molar-refractivity contribution in [1.29, 1.82) is 0 Å². The van der Waals surface area contributed by atoms with E-state index in [1.807, 2.05) is 0 Å². The Morgan fingerprint density at radius 3 is 2.27 bits per heavy atom. The number of esters is 3. The van der Waals surface area contributed by atoms with E-state index in [-0.39, 0.29) is 31.2 Å². The van der Waals surface area contributed by atoms with E-state index in [0.29, 0.717) is 42.4 Å². The second-order valence-electron chi connectivity index (χ2n) is 17.8. The Hall–Kier alpha value is -1.85. The largest absolute Gasteiger partial charge is 0.465 e. The Balaban J connectivity index is 1.02. The lowest BCUT2D eigenvalue weighted by Crippen LogP contribution is -2.54. The molecule has 6 nitrogen and oxygen atoms in total. The normalized spacial score (nSPS) is 39.0. The summed E-state index contributed by atoms with van der Waals surface area (Å²) in [4.78, 5) is 37.9. The molecule has 0 aromatic carbocycles. The van der Waals surface area contributed by atoms with Crippen molar-refractivity contribution >= 4 is 17.9 Å². The first-order valence-electron chi connectivity index (χ1n) is 20.1. The molecule has 4 unspecified atom stereocenters. The van der Waals surface area contributed by atoms with Crippen LogP contribution in [0.15, 0.2) is 12.7 Å².